The summed E-state index contributed by atoms with van der Waals surface area (Å²) >= 11 is 0. The Morgan fingerprint density at radius 3 is 2.15 bits per heavy atom. The molecule has 0 saturated carbocycles. The van der Waals surface area contributed by atoms with E-state index in [1.807, 2.05) is 12.1 Å². The minimum atomic E-state index is -0.151. The minimum Gasteiger partial charge on any atom is -0.303 e. The monoisotopic (exact) mass is 278 g/mol. The molecule has 112 valence electrons. The van der Waals surface area contributed by atoms with Gasteiger partial charge in [0.1, 0.15) is 5.82 Å². The number of nitrogens with zero attached hydrogens (tertiary/aromatic N) is 2. The first kappa shape index (κ1) is 15.5. The lowest BCUT2D eigenvalue weighted by Crippen LogP contribution is -2.55. The van der Waals surface area contributed by atoms with E-state index in [0.717, 1.165) is 19.5 Å². The summed E-state index contributed by atoms with van der Waals surface area (Å²) in [6.07, 6.45) is 3.36. The fourth-order valence-electron chi connectivity index (χ4n) is 3.22. The Bertz CT molecular complexity index is 417. The first-order valence-corrected chi connectivity index (χ1v) is 7.59. The quantitative estimate of drug-likeness (QED) is 0.834. The van der Waals surface area contributed by atoms with Gasteiger partial charge >= 0.3 is 0 Å². The summed E-state index contributed by atoms with van der Waals surface area (Å²) in [6, 6.07) is 7.62. The third-order valence-corrected chi connectivity index (χ3v) is 4.85. The first-order valence-electron chi connectivity index (χ1n) is 7.59. The number of likely N-dealkylation sites (N-methyl/N-ethyl adjacent to an activating group) is 1. The van der Waals surface area contributed by atoms with E-state index in [1.54, 1.807) is 12.1 Å². The number of hydrogen-bond donors (Lipinski definition) is 0. The number of benzene rings is 1. The molecule has 1 heterocycles. The maximum absolute atomic E-state index is 13.0. The molecule has 1 aromatic rings. The Labute approximate surface area is 122 Å². The van der Waals surface area contributed by atoms with Crippen molar-refractivity contribution >= 4 is 0 Å². The van der Waals surface area contributed by atoms with Crippen molar-refractivity contribution in [3.63, 3.8) is 0 Å². The van der Waals surface area contributed by atoms with E-state index in [9.17, 15) is 4.39 Å². The molecule has 0 spiro atoms. The molecule has 0 radical (unpaired) electrons. The molecule has 2 rings (SSSR count). The van der Waals surface area contributed by atoms with Crippen molar-refractivity contribution in [3.05, 3.63) is 35.6 Å². The summed E-state index contributed by atoms with van der Waals surface area (Å²) in [5, 5.41) is 0. The summed E-state index contributed by atoms with van der Waals surface area (Å²) < 4.78 is 13.0. The van der Waals surface area contributed by atoms with Crippen LogP contribution >= 0.6 is 0 Å². The number of piperidine rings is 1. The van der Waals surface area contributed by atoms with Crippen LogP contribution in [0, 0.1) is 5.82 Å². The zero-order valence-corrected chi connectivity index (χ0v) is 13.2. The average molecular weight is 278 g/mol. The van der Waals surface area contributed by atoms with E-state index in [-0.39, 0.29) is 11.4 Å². The highest BCUT2D eigenvalue weighted by molar-refractivity contribution is 5.19. The highest BCUT2D eigenvalue weighted by Gasteiger charge is 2.37. The van der Waals surface area contributed by atoms with E-state index in [0.29, 0.717) is 6.04 Å². The van der Waals surface area contributed by atoms with E-state index in [1.165, 1.54) is 18.4 Å². The largest absolute Gasteiger partial charge is 0.303 e. The van der Waals surface area contributed by atoms with Crippen LogP contribution in [-0.4, -0.2) is 48.6 Å². The van der Waals surface area contributed by atoms with Crippen LogP contribution in [0.15, 0.2) is 24.3 Å². The molecule has 0 amide bonds. The van der Waals surface area contributed by atoms with Gasteiger partial charge < -0.3 is 9.80 Å². The Kier molecular flexibility index (Phi) is 4.82. The van der Waals surface area contributed by atoms with Gasteiger partial charge in [-0.15, -0.1) is 0 Å². The molecule has 1 fully saturated rings. The van der Waals surface area contributed by atoms with E-state index in [4.69, 9.17) is 0 Å². The van der Waals surface area contributed by atoms with Crippen LogP contribution in [0.25, 0.3) is 0 Å². The summed E-state index contributed by atoms with van der Waals surface area (Å²) in [7, 11) is 4.35. The van der Waals surface area contributed by atoms with E-state index >= 15 is 0 Å². The van der Waals surface area contributed by atoms with E-state index in [2.05, 4.69) is 37.7 Å². The van der Waals surface area contributed by atoms with Gasteiger partial charge in [-0.25, -0.2) is 4.39 Å². The van der Waals surface area contributed by atoms with Crippen LogP contribution in [0.5, 0.6) is 0 Å². The maximum atomic E-state index is 13.0. The smallest absolute Gasteiger partial charge is 0.123 e. The van der Waals surface area contributed by atoms with Crippen molar-refractivity contribution in [2.45, 2.75) is 44.7 Å². The SMILES string of the molecule is CC(C)N1CCC(Cc2ccc(F)cc2)(N(C)C)CC1. The summed E-state index contributed by atoms with van der Waals surface area (Å²) in [6.45, 7) is 6.83. The lowest BCUT2D eigenvalue weighted by molar-refractivity contribution is 0.0439. The normalized spacial score (nSPS) is 19.8. The molecular formula is C17H27FN2. The zero-order chi connectivity index (χ0) is 14.8. The van der Waals surface area contributed by atoms with Crippen molar-refractivity contribution < 1.29 is 4.39 Å². The van der Waals surface area contributed by atoms with Crippen LogP contribution in [0.1, 0.15) is 32.3 Å². The van der Waals surface area contributed by atoms with Gasteiger partial charge in [0, 0.05) is 24.7 Å². The predicted molar refractivity (Wildman–Crippen MR) is 82.5 cm³/mol. The number of halogens is 1. The molecule has 0 aromatic heterocycles. The Balaban J connectivity index is 2.09. The molecule has 2 nitrogen and oxygen atoms in total. The highest BCUT2D eigenvalue weighted by Crippen LogP contribution is 2.31. The van der Waals surface area contributed by atoms with Gasteiger partial charge in [0.15, 0.2) is 0 Å². The van der Waals surface area contributed by atoms with Crippen molar-refractivity contribution in [1.82, 2.24) is 9.80 Å². The second kappa shape index (κ2) is 6.23. The summed E-state index contributed by atoms with van der Waals surface area (Å²) in [4.78, 5) is 4.92. The van der Waals surface area contributed by atoms with Crippen LogP contribution in [0.2, 0.25) is 0 Å². The van der Waals surface area contributed by atoms with Crippen LogP contribution in [0.4, 0.5) is 4.39 Å². The van der Waals surface area contributed by atoms with Crippen molar-refractivity contribution in [2.75, 3.05) is 27.2 Å². The second-order valence-electron chi connectivity index (χ2n) is 6.55. The maximum Gasteiger partial charge on any atom is 0.123 e. The number of likely N-dealkylation sites (tertiary alicyclic amines) is 1. The highest BCUT2D eigenvalue weighted by atomic mass is 19.1. The first-order chi connectivity index (χ1) is 9.43. The van der Waals surface area contributed by atoms with Crippen LogP contribution in [0.3, 0.4) is 0 Å². The van der Waals surface area contributed by atoms with Crippen molar-refractivity contribution in [2.24, 2.45) is 0 Å². The minimum absolute atomic E-state index is 0.151. The molecular weight excluding hydrogens is 251 g/mol. The molecule has 0 N–H and O–H groups in total. The number of hydrogen-bond acceptors (Lipinski definition) is 2. The van der Waals surface area contributed by atoms with Gasteiger partial charge in [-0.3, -0.25) is 0 Å². The Morgan fingerprint density at radius 2 is 1.70 bits per heavy atom. The van der Waals surface area contributed by atoms with Gasteiger partial charge in [0.25, 0.3) is 0 Å². The molecule has 0 bridgehead atoms. The molecule has 0 atom stereocenters. The predicted octanol–water partition coefficient (Wildman–Crippen LogP) is 3.17. The number of rotatable bonds is 4. The second-order valence-corrected chi connectivity index (χ2v) is 6.55. The van der Waals surface area contributed by atoms with Crippen molar-refractivity contribution in [1.29, 1.82) is 0 Å². The summed E-state index contributed by atoms with van der Waals surface area (Å²) in [5.74, 6) is -0.151. The van der Waals surface area contributed by atoms with Gasteiger partial charge in [0.2, 0.25) is 0 Å². The third-order valence-electron chi connectivity index (χ3n) is 4.85. The molecule has 0 unspecified atom stereocenters. The zero-order valence-electron chi connectivity index (χ0n) is 13.2. The van der Waals surface area contributed by atoms with Crippen LogP contribution < -0.4 is 0 Å². The fourth-order valence-corrected chi connectivity index (χ4v) is 3.22. The molecule has 20 heavy (non-hydrogen) atoms. The molecule has 1 aromatic carbocycles. The standard InChI is InChI=1S/C17H27FN2/c1-14(2)20-11-9-17(10-12-20,19(3)4)13-15-5-7-16(18)8-6-15/h5-8,14H,9-13H2,1-4H3. The lowest BCUT2D eigenvalue weighted by atomic mass is 9.80. The Morgan fingerprint density at radius 1 is 1.15 bits per heavy atom. The lowest BCUT2D eigenvalue weighted by Gasteiger charge is -2.47. The van der Waals surface area contributed by atoms with Gasteiger partial charge in [0.05, 0.1) is 0 Å². The molecule has 1 aliphatic rings. The molecule has 1 aliphatic heterocycles. The van der Waals surface area contributed by atoms with Crippen LogP contribution in [-0.2, 0) is 6.42 Å². The Hall–Kier alpha value is -0.930. The fraction of sp³-hybridized carbons (Fsp3) is 0.647. The summed E-state index contributed by atoms with van der Waals surface area (Å²) in [5.41, 5.74) is 1.45. The molecule has 0 aliphatic carbocycles. The van der Waals surface area contributed by atoms with Gasteiger partial charge in [-0.2, -0.15) is 0 Å². The average Bonchev–Trinajstić information content (AvgIpc) is 2.42. The van der Waals surface area contributed by atoms with E-state index < -0.39 is 0 Å². The molecule has 1 saturated heterocycles. The molecule has 3 heteroatoms. The van der Waals surface area contributed by atoms with Crippen molar-refractivity contribution in [3.8, 4) is 0 Å². The topological polar surface area (TPSA) is 6.48 Å². The van der Waals surface area contributed by atoms with Gasteiger partial charge in [-0.05, 0) is 64.9 Å². The third kappa shape index (κ3) is 3.39. The van der Waals surface area contributed by atoms with Gasteiger partial charge in [-0.1, -0.05) is 12.1 Å².